The number of carbonyl (C=O) groups is 5. The van der Waals surface area contributed by atoms with Crippen LogP contribution in [0.4, 0.5) is 0 Å². The molecule has 4 atom stereocenters. The number of carbonyl (C=O) groups excluding carboxylic acids is 3. The second-order valence-electron chi connectivity index (χ2n) is 6.97. The molecule has 0 aromatic carbocycles. The maximum Gasteiger partial charge on any atom is 0.328 e. The third kappa shape index (κ3) is 11.8. The molecule has 0 fully saturated rings. The van der Waals surface area contributed by atoms with Gasteiger partial charge in [-0.1, -0.05) is 0 Å². The van der Waals surface area contributed by atoms with Crippen LogP contribution in [0.15, 0.2) is 0 Å². The monoisotopic (exact) mass is 479 g/mol. The van der Waals surface area contributed by atoms with Gasteiger partial charge in [-0.3, -0.25) is 19.2 Å². The molecule has 0 rings (SSSR count). The molecule has 0 heterocycles. The molecule has 0 aromatic rings. The lowest BCUT2D eigenvalue weighted by Crippen LogP contribution is -2.57. The highest BCUT2D eigenvalue weighted by Gasteiger charge is 2.30. The Morgan fingerprint density at radius 2 is 1.41 bits per heavy atom. The predicted octanol–water partition coefficient (Wildman–Crippen LogP) is -2.80. The van der Waals surface area contributed by atoms with Crippen LogP contribution in [0, 0.1) is 0 Å². The number of rotatable bonds is 17. The number of thioether (sulfide) groups is 1. The van der Waals surface area contributed by atoms with Gasteiger partial charge in [-0.15, -0.1) is 0 Å². The third-order valence-electron chi connectivity index (χ3n) is 4.35. The molecule has 14 heteroatoms. The summed E-state index contributed by atoms with van der Waals surface area (Å²) in [5.74, 6) is -4.60. The summed E-state index contributed by atoms with van der Waals surface area (Å²) in [6, 6.07) is -5.13. The average molecular weight is 480 g/mol. The van der Waals surface area contributed by atoms with Crippen LogP contribution in [0.2, 0.25) is 0 Å². The average Bonchev–Trinajstić information content (AvgIpc) is 2.72. The zero-order valence-electron chi connectivity index (χ0n) is 17.9. The van der Waals surface area contributed by atoms with Crippen LogP contribution in [-0.4, -0.2) is 94.3 Å². The molecular formula is C18H33N5O8S. The Balaban J connectivity index is 5.37. The quantitative estimate of drug-likeness (QED) is 0.0992. The Hall–Kier alpha value is -2.42. The summed E-state index contributed by atoms with van der Waals surface area (Å²) in [6.45, 7) is -0.471. The lowest BCUT2D eigenvalue weighted by Gasteiger charge is -2.25. The fourth-order valence-electron chi connectivity index (χ4n) is 2.56. The van der Waals surface area contributed by atoms with Gasteiger partial charge in [0.2, 0.25) is 17.7 Å². The summed E-state index contributed by atoms with van der Waals surface area (Å²) in [5, 5.41) is 33.9. The van der Waals surface area contributed by atoms with E-state index in [4.69, 9.17) is 26.8 Å². The van der Waals surface area contributed by atoms with Gasteiger partial charge in [0.05, 0.1) is 19.1 Å². The van der Waals surface area contributed by atoms with E-state index in [2.05, 4.69) is 16.0 Å². The molecule has 10 N–H and O–H groups in total. The zero-order chi connectivity index (χ0) is 24.7. The molecule has 0 saturated carbocycles. The normalized spacial score (nSPS) is 14.5. The van der Waals surface area contributed by atoms with E-state index in [-0.39, 0.29) is 12.8 Å². The molecule has 0 aliphatic rings. The van der Waals surface area contributed by atoms with E-state index >= 15 is 0 Å². The first kappa shape index (κ1) is 29.6. The molecular weight excluding hydrogens is 446 g/mol. The number of aliphatic hydroxyl groups excluding tert-OH is 1. The summed E-state index contributed by atoms with van der Waals surface area (Å²) in [6.07, 6.45) is 2.52. The molecule has 32 heavy (non-hydrogen) atoms. The fourth-order valence-corrected chi connectivity index (χ4v) is 3.03. The van der Waals surface area contributed by atoms with Crippen molar-refractivity contribution >= 4 is 41.4 Å². The molecule has 0 radical (unpaired) electrons. The lowest BCUT2D eigenvalue weighted by molar-refractivity contribution is -0.143. The molecule has 3 amide bonds. The number of amides is 3. The van der Waals surface area contributed by atoms with Crippen LogP contribution in [0.5, 0.6) is 0 Å². The molecule has 0 bridgehead atoms. The van der Waals surface area contributed by atoms with Gasteiger partial charge in [0.15, 0.2) is 0 Å². The van der Waals surface area contributed by atoms with Crippen molar-refractivity contribution in [2.24, 2.45) is 11.5 Å². The van der Waals surface area contributed by atoms with E-state index in [1.807, 2.05) is 0 Å². The van der Waals surface area contributed by atoms with E-state index in [1.54, 1.807) is 6.26 Å². The van der Waals surface area contributed by atoms with E-state index in [1.165, 1.54) is 11.8 Å². The highest BCUT2D eigenvalue weighted by Crippen LogP contribution is 2.06. The lowest BCUT2D eigenvalue weighted by atomic mass is 10.1. The second kappa shape index (κ2) is 16.2. The smallest absolute Gasteiger partial charge is 0.328 e. The molecule has 4 unspecified atom stereocenters. The summed E-state index contributed by atoms with van der Waals surface area (Å²) in [7, 11) is 0. The molecule has 13 nitrogen and oxygen atoms in total. The van der Waals surface area contributed by atoms with E-state index in [0.29, 0.717) is 25.1 Å². The van der Waals surface area contributed by atoms with Crippen molar-refractivity contribution in [3.8, 4) is 0 Å². The molecule has 0 aliphatic carbocycles. The first-order chi connectivity index (χ1) is 15.1. The molecule has 0 saturated heterocycles. The third-order valence-corrected chi connectivity index (χ3v) is 5.00. The zero-order valence-corrected chi connectivity index (χ0v) is 18.7. The minimum atomic E-state index is -1.54. The van der Waals surface area contributed by atoms with Crippen LogP contribution >= 0.6 is 11.8 Å². The number of aliphatic hydroxyl groups is 1. The van der Waals surface area contributed by atoms with Crippen molar-refractivity contribution in [2.75, 3.05) is 25.2 Å². The van der Waals surface area contributed by atoms with E-state index in [0.717, 1.165) is 0 Å². The van der Waals surface area contributed by atoms with Crippen LogP contribution in [0.3, 0.4) is 0 Å². The van der Waals surface area contributed by atoms with Gasteiger partial charge in [0, 0.05) is 0 Å². The Labute approximate surface area is 190 Å². The maximum atomic E-state index is 12.8. The number of carboxylic acid groups (broad SMARTS) is 2. The van der Waals surface area contributed by atoms with E-state index in [9.17, 15) is 24.0 Å². The fraction of sp³-hybridized carbons (Fsp3) is 0.722. The summed E-state index contributed by atoms with van der Waals surface area (Å²) in [5.41, 5.74) is 11.0. The van der Waals surface area contributed by atoms with Crippen molar-refractivity contribution in [1.82, 2.24) is 16.0 Å². The first-order valence-electron chi connectivity index (χ1n) is 9.98. The van der Waals surface area contributed by atoms with Crippen molar-refractivity contribution in [3.63, 3.8) is 0 Å². The van der Waals surface area contributed by atoms with Crippen molar-refractivity contribution in [2.45, 2.75) is 56.3 Å². The van der Waals surface area contributed by atoms with E-state index < -0.39 is 66.9 Å². The Bertz CT molecular complexity index is 651. The van der Waals surface area contributed by atoms with Gasteiger partial charge in [-0.05, 0) is 44.2 Å². The molecule has 0 spiro atoms. The molecule has 0 aromatic heterocycles. The number of carboxylic acids is 2. The van der Waals surface area contributed by atoms with Gasteiger partial charge in [0.25, 0.3) is 0 Å². The Morgan fingerprint density at radius 1 is 0.875 bits per heavy atom. The number of unbranched alkanes of at least 4 members (excludes halogenated alkanes) is 1. The molecule has 184 valence electrons. The molecule has 0 aliphatic heterocycles. The minimum absolute atomic E-state index is 0.165. The predicted molar refractivity (Wildman–Crippen MR) is 117 cm³/mol. The summed E-state index contributed by atoms with van der Waals surface area (Å²) >= 11 is 1.40. The van der Waals surface area contributed by atoms with Gasteiger partial charge >= 0.3 is 11.9 Å². The highest BCUT2D eigenvalue weighted by molar-refractivity contribution is 7.98. The largest absolute Gasteiger partial charge is 0.481 e. The topological polar surface area (TPSA) is 234 Å². The number of hydrogen-bond acceptors (Lipinski definition) is 9. The summed E-state index contributed by atoms with van der Waals surface area (Å²) in [4.78, 5) is 59.3. The van der Waals surface area contributed by atoms with Crippen LogP contribution in [0.1, 0.15) is 32.1 Å². The Morgan fingerprint density at radius 3 is 1.88 bits per heavy atom. The minimum Gasteiger partial charge on any atom is -0.481 e. The van der Waals surface area contributed by atoms with Crippen LogP contribution in [0.25, 0.3) is 0 Å². The maximum absolute atomic E-state index is 12.8. The van der Waals surface area contributed by atoms with Gasteiger partial charge in [0.1, 0.15) is 18.1 Å². The first-order valence-corrected chi connectivity index (χ1v) is 11.4. The SMILES string of the molecule is CSCCC(NC(=O)C(CCCCN)NC(=O)C(N)CC(=O)O)C(=O)NC(CO)C(=O)O. The highest BCUT2D eigenvalue weighted by atomic mass is 32.2. The van der Waals surface area contributed by atoms with Crippen molar-refractivity contribution in [3.05, 3.63) is 0 Å². The van der Waals surface area contributed by atoms with Gasteiger partial charge < -0.3 is 42.7 Å². The number of nitrogens with two attached hydrogens (primary N) is 2. The Kier molecular flexibility index (Phi) is 15.0. The van der Waals surface area contributed by atoms with Crippen LogP contribution in [-0.2, 0) is 24.0 Å². The standard InChI is InChI=1S/C18H33N5O8S/c1-32-7-5-12(17(29)23-13(9-24)18(30)31)22-16(28)11(4-2-3-6-19)21-15(27)10(20)8-14(25)26/h10-13,24H,2-9,19-20H2,1H3,(H,21,27)(H,22,28)(H,23,29)(H,25,26)(H,30,31). The van der Waals surface area contributed by atoms with Crippen molar-refractivity contribution < 1.29 is 39.3 Å². The number of hydrogen-bond donors (Lipinski definition) is 8. The number of nitrogens with one attached hydrogen (secondary N) is 3. The second-order valence-corrected chi connectivity index (χ2v) is 7.96. The summed E-state index contributed by atoms with van der Waals surface area (Å²) < 4.78 is 0. The van der Waals surface area contributed by atoms with Crippen molar-refractivity contribution in [1.29, 1.82) is 0 Å². The van der Waals surface area contributed by atoms with Crippen LogP contribution < -0.4 is 27.4 Å². The van der Waals surface area contributed by atoms with Gasteiger partial charge in [-0.2, -0.15) is 11.8 Å². The van der Waals surface area contributed by atoms with Gasteiger partial charge in [-0.25, -0.2) is 4.79 Å². The number of aliphatic carboxylic acids is 2.